The van der Waals surface area contributed by atoms with Crippen molar-refractivity contribution >= 4 is 33.0 Å². The quantitative estimate of drug-likeness (QED) is 0.775. The predicted molar refractivity (Wildman–Crippen MR) is 105 cm³/mol. The molecule has 1 heterocycles. The molecule has 6 nitrogen and oxygen atoms in total. The monoisotopic (exact) mass is 396 g/mol. The van der Waals surface area contributed by atoms with Crippen molar-refractivity contribution in [3.63, 3.8) is 0 Å². The third kappa shape index (κ3) is 4.08. The second-order valence-corrected chi connectivity index (χ2v) is 8.95. The van der Waals surface area contributed by atoms with Crippen molar-refractivity contribution in [1.82, 2.24) is 4.31 Å². The van der Waals surface area contributed by atoms with E-state index in [9.17, 15) is 13.2 Å². The molecule has 0 unspecified atom stereocenters. The van der Waals surface area contributed by atoms with Crippen LogP contribution in [0.4, 0.5) is 5.69 Å². The molecule has 2 aromatic rings. The molecule has 1 N–H and O–H groups in total. The van der Waals surface area contributed by atoms with Gasteiger partial charge in [-0.25, -0.2) is 8.42 Å². The number of sulfonamides is 1. The van der Waals surface area contributed by atoms with E-state index in [1.54, 1.807) is 19.9 Å². The van der Waals surface area contributed by atoms with E-state index in [0.717, 1.165) is 10.4 Å². The summed E-state index contributed by atoms with van der Waals surface area (Å²) in [7, 11) is -2.15. The second-order valence-electron chi connectivity index (χ2n) is 5.76. The minimum absolute atomic E-state index is 0.121. The average Bonchev–Trinajstić information content (AvgIpc) is 2.95. The summed E-state index contributed by atoms with van der Waals surface area (Å²) >= 11 is 1.40. The largest absolute Gasteiger partial charge is 0.495 e. The average molecular weight is 397 g/mol. The van der Waals surface area contributed by atoms with E-state index in [4.69, 9.17) is 4.74 Å². The van der Waals surface area contributed by atoms with Gasteiger partial charge in [0.25, 0.3) is 5.91 Å². The lowest BCUT2D eigenvalue weighted by atomic mass is 10.2. The number of nitrogens with zero attached hydrogens (tertiary/aromatic N) is 1. The molecule has 0 spiro atoms. The fourth-order valence-electron chi connectivity index (χ4n) is 2.53. The van der Waals surface area contributed by atoms with Gasteiger partial charge in [0.05, 0.1) is 22.6 Å². The molecule has 1 amide bonds. The molecular weight excluding hydrogens is 372 g/mol. The van der Waals surface area contributed by atoms with Gasteiger partial charge in [-0.05, 0) is 43.7 Å². The number of carbonyl (C=O) groups excluding carboxylic acids is 1. The van der Waals surface area contributed by atoms with Gasteiger partial charge in [0, 0.05) is 18.0 Å². The van der Waals surface area contributed by atoms with Crippen LogP contribution in [0.2, 0.25) is 0 Å². The first-order chi connectivity index (χ1) is 12.2. The Balaban J connectivity index is 2.40. The summed E-state index contributed by atoms with van der Waals surface area (Å²) in [5.41, 5.74) is 1.37. The molecule has 2 rings (SSSR count). The molecule has 26 heavy (non-hydrogen) atoms. The lowest BCUT2D eigenvalue weighted by Crippen LogP contribution is -2.30. The molecule has 0 fully saturated rings. The van der Waals surface area contributed by atoms with Gasteiger partial charge in [-0.1, -0.05) is 13.8 Å². The highest BCUT2D eigenvalue weighted by Crippen LogP contribution is 2.30. The summed E-state index contributed by atoms with van der Waals surface area (Å²) in [6.45, 7) is 8.22. The zero-order valence-electron chi connectivity index (χ0n) is 15.6. The Hall–Kier alpha value is -1.90. The SMILES string of the molecule is CCN(CC)S(=O)(=O)c1ccc(OC)c(NC(=O)c2cc(C)c(C)s2)c1. The Kier molecular flexibility index (Phi) is 6.44. The van der Waals surface area contributed by atoms with Gasteiger partial charge in [0.15, 0.2) is 0 Å². The van der Waals surface area contributed by atoms with E-state index in [0.29, 0.717) is 29.4 Å². The van der Waals surface area contributed by atoms with Gasteiger partial charge in [0.1, 0.15) is 5.75 Å². The van der Waals surface area contributed by atoms with Crippen LogP contribution in [-0.4, -0.2) is 38.8 Å². The van der Waals surface area contributed by atoms with Gasteiger partial charge in [-0.15, -0.1) is 11.3 Å². The molecule has 8 heteroatoms. The van der Waals surface area contributed by atoms with Gasteiger partial charge in [-0.3, -0.25) is 4.79 Å². The highest BCUT2D eigenvalue weighted by molar-refractivity contribution is 7.89. The normalized spacial score (nSPS) is 11.6. The van der Waals surface area contributed by atoms with E-state index in [-0.39, 0.29) is 10.8 Å². The van der Waals surface area contributed by atoms with Gasteiger partial charge in [0.2, 0.25) is 10.0 Å². The van der Waals surface area contributed by atoms with Crippen molar-refractivity contribution in [2.75, 3.05) is 25.5 Å². The van der Waals surface area contributed by atoms with Crippen LogP contribution in [0.5, 0.6) is 5.75 Å². The number of hydrogen-bond acceptors (Lipinski definition) is 5. The standard InChI is InChI=1S/C18H24N2O4S2/c1-6-20(7-2)26(22,23)14-8-9-16(24-5)15(11-14)19-18(21)17-10-12(3)13(4)25-17/h8-11H,6-7H2,1-5H3,(H,19,21). The van der Waals surface area contributed by atoms with Crippen LogP contribution in [0.1, 0.15) is 34.0 Å². The maximum atomic E-state index is 12.7. The number of rotatable bonds is 7. The van der Waals surface area contributed by atoms with Gasteiger partial charge in [-0.2, -0.15) is 4.31 Å². The van der Waals surface area contributed by atoms with Crippen LogP contribution >= 0.6 is 11.3 Å². The molecule has 142 valence electrons. The van der Waals surface area contributed by atoms with Crippen molar-refractivity contribution in [1.29, 1.82) is 0 Å². The number of aryl methyl sites for hydroxylation is 2. The van der Waals surface area contributed by atoms with Crippen molar-refractivity contribution in [3.05, 3.63) is 39.6 Å². The van der Waals surface area contributed by atoms with Crippen LogP contribution in [0.15, 0.2) is 29.2 Å². The van der Waals surface area contributed by atoms with E-state index in [1.807, 2.05) is 19.9 Å². The number of amides is 1. The minimum atomic E-state index is -3.62. The number of methoxy groups -OCH3 is 1. The summed E-state index contributed by atoms with van der Waals surface area (Å²) in [5.74, 6) is 0.115. The molecule has 0 bridgehead atoms. The summed E-state index contributed by atoms with van der Waals surface area (Å²) in [4.78, 5) is 14.3. The molecule has 1 aromatic carbocycles. The second kappa shape index (κ2) is 8.20. The van der Waals surface area contributed by atoms with Crippen molar-refractivity contribution in [2.45, 2.75) is 32.6 Å². The number of thiophene rings is 1. The Morgan fingerprint density at radius 2 is 1.85 bits per heavy atom. The number of hydrogen-bond donors (Lipinski definition) is 1. The molecule has 0 saturated carbocycles. The minimum Gasteiger partial charge on any atom is -0.495 e. The van der Waals surface area contributed by atoms with E-state index < -0.39 is 10.0 Å². The van der Waals surface area contributed by atoms with E-state index in [1.165, 1.54) is 34.9 Å². The Bertz CT molecular complexity index is 880. The first kappa shape index (κ1) is 20.4. The zero-order valence-corrected chi connectivity index (χ0v) is 17.3. The fraction of sp³-hybridized carbons (Fsp3) is 0.389. The Labute approximate surface area is 158 Å². The Morgan fingerprint density at radius 3 is 2.35 bits per heavy atom. The van der Waals surface area contributed by atoms with Gasteiger partial charge >= 0.3 is 0 Å². The number of anilines is 1. The highest BCUT2D eigenvalue weighted by atomic mass is 32.2. The zero-order chi connectivity index (χ0) is 19.5. The topological polar surface area (TPSA) is 75.7 Å². The van der Waals surface area contributed by atoms with Crippen LogP contribution < -0.4 is 10.1 Å². The van der Waals surface area contributed by atoms with E-state index in [2.05, 4.69) is 5.32 Å². The van der Waals surface area contributed by atoms with Crippen LogP contribution in [-0.2, 0) is 10.0 Å². The van der Waals surface area contributed by atoms with Crippen molar-refractivity contribution in [3.8, 4) is 5.75 Å². The number of ether oxygens (including phenoxy) is 1. The summed E-state index contributed by atoms with van der Waals surface area (Å²) in [6.07, 6.45) is 0. The molecule has 0 aliphatic heterocycles. The molecular formula is C18H24N2O4S2. The van der Waals surface area contributed by atoms with Crippen LogP contribution in [0.25, 0.3) is 0 Å². The molecule has 0 radical (unpaired) electrons. The maximum Gasteiger partial charge on any atom is 0.265 e. The number of benzene rings is 1. The number of nitrogens with one attached hydrogen (secondary N) is 1. The van der Waals surface area contributed by atoms with E-state index >= 15 is 0 Å². The summed E-state index contributed by atoms with van der Waals surface area (Å²) in [5, 5.41) is 2.77. The van der Waals surface area contributed by atoms with Crippen molar-refractivity contribution < 1.29 is 17.9 Å². The Morgan fingerprint density at radius 1 is 1.19 bits per heavy atom. The maximum absolute atomic E-state index is 12.7. The van der Waals surface area contributed by atoms with Crippen LogP contribution in [0.3, 0.4) is 0 Å². The third-order valence-electron chi connectivity index (χ3n) is 4.15. The lowest BCUT2D eigenvalue weighted by Gasteiger charge is -2.19. The molecule has 0 aliphatic rings. The molecule has 1 aromatic heterocycles. The molecule has 0 atom stereocenters. The fourth-order valence-corrected chi connectivity index (χ4v) is 4.94. The highest BCUT2D eigenvalue weighted by Gasteiger charge is 2.23. The predicted octanol–water partition coefficient (Wildman–Crippen LogP) is 3.66. The van der Waals surface area contributed by atoms with Gasteiger partial charge < -0.3 is 10.1 Å². The molecule has 0 aliphatic carbocycles. The number of carbonyl (C=O) groups is 1. The summed E-state index contributed by atoms with van der Waals surface area (Å²) < 4.78 is 32.1. The molecule has 0 saturated heterocycles. The first-order valence-corrected chi connectivity index (χ1v) is 10.6. The summed E-state index contributed by atoms with van der Waals surface area (Å²) in [6, 6.07) is 6.30. The first-order valence-electron chi connectivity index (χ1n) is 8.31. The third-order valence-corrected chi connectivity index (χ3v) is 7.35. The lowest BCUT2D eigenvalue weighted by molar-refractivity contribution is 0.103. The smallest absolute Gasteiger partial charge is 0.265 e. The van der Waals surface area contributed by atoms with Crippen LogP contribution in [0, 0.1) is 13.8 Å². The van der Waals surface area contributed by atoms with Crippen molar-refractivity contribution in [2.24, 2.45) is 0 Å².